The van der Waals surface area contributed by atoms with Crippen molar-refractivity contribution in [2.24, 2.45) is 0 Å². The molecule has 0 saturated carbocycles. The monoisotopic (exact) mass is 354 g/mol. The van der Waals surface area contributed by atoms with E-state index in [2.05, 4.69) is 10.3 Å². The first-order valence-electron chi connectivity index (χ1n) is 7.01. The van der Waals surface area contributed by atoms with Crippen molar-refractivity contribution in [3.05, 3.63) is 31.6 Å². The van der Waals surface area contributed by atoms with Crippen LogP contribution in [0.1, 0.15) is 48.1 Å². The Morgan fingerprint density at radius 2 is 2.00 bits per heavy atom. The fourth-order valence-electron chi connectivity index (χ4n) is 2.33. The number of amides is 1. The van der Waals surface area contributed by atoms with Crippen molar-refractivity contribution in [1.82, 2.24) is 4.98 Å². The number of aromatic carboxylic acids is 1. The summed E-state index contributed by atoms with van der Waals surface area (Å²) in [5.41, 5.74) is 1.56. The van der Waals surface area contributed by atoms with Gasteiger partial charge in [-0.2, -0.15) is 0 Å². The molecule has 23 heavy (non-hydrogen) atoms. The highest BCUT2D eigenvalue weighted by atomic mass is 32.1. The third kappa shape index (κ3) is 3.60. The summed E-state index contributed by atoms with van der Waals surface area (Å²) in [7, 11) is 1.57. The van der Waals surface area contributed by atoms with Gasteiger partial charge in [0.25, 0.3) is 5.91 Å². The lowest BCUT2D eigenvalue weighted by Gasteiger charge is -2.04. The second-order valence-corrected chi connectivity index (χ2v) is 7.22. The predicted octanol–water partition coefficient (Wildman–Crippen LogP) is 3.48. The number of hydrogen-bond acceptors (Lipinski definition) is 6. The summed E-state index contributed by atoms with van der Waals surface area (Å²) in [4.78, 5) is 29.6. The minimum Gasteiger partial charge on any atom is -0.478 e. The SMILES string of the molecule is CCc1c(C)sc(NC(=O)c2sc(COC)nc2C)c1C(=O)O. The highest BCUT2D eigenvalue weighted by Crippen LogP contribution is 2.34. The number of thiazole rings is 1. The molecule has 2 rings (SSSR count). The number of ether oxygens (including phenoxy) is 1. The molecule has 0 fully saturated rings. The van der Waals surface area contributed by atoms with E-state index in [4.69, 9.17) is 4.74 Å². The Morgan fingerprint density at radius 3 is 2.57 bits per heavy atom. The number of rotatable bonds is 6. The average molecular weight is 354 g/mol. The Bertz CT molecular complexity index is 749. The Morgan fingerprint density at radius 1 is 1.30 bits per heavy atom. The molecule has 124 valence electrons. The molecule has 2 N–H and O–H groups in total. The van der Waals surface area contributed by atoms with Crippen LogP contribution in [0.5, 0.6) is 0 Å². The lowest BCUT2D eigenvalue weighted by molar-refractivity contribution is 0.0697. The molecule has 2 aromatic heterocycles. The fraction of sp³-hybridized carbons (Fsp3) is 0.400. The van der Waals surface area contributed by atoms with Crippen LogP contribution in [0.15, 0.2) is 0 Å². The summed E-state index contributed by atoms with van der Waals surface area (Å²) >= 11 is 2.54. The van der Waals surface area contributed by atoms with Crippen molar-refractivity contribution >= 4 is 39.6 Å². The van der Waals surface area contributed by atoms with E-state index in [1.165, 1.54) is 22.7 Å². The number of aryl methyl sites for hydroxylation is 2. The van der Waals surface area contributed by atoms with Gasteiger partial charge in [-0.1, -0.05) is 6.92 Å². The molecule has 8 heteroatoms. The number of carbonyl (C=O) groups is 2. The van der Waals surface area contributed by atoms with Gasteiger partial charge in [-0.25, -0.2) is 9.78 Å². The second kappa shape index (κ2) is 7.20. The van der Waals surface area contributed by atoms with Gasteiger partial charge in [-0.3, -0.25) is 4.79 Å². The van der Waals surface area contributed by atoms with E-state index in [-0.39, 0.29) is 11.5 Å². The standard InChI is InChI=1S/C15H18N2O4S2/c1-5-9-8(3)22-14(11(9)15(19)20)17-13(18)12-7(2)16-10(23-12)6-21-4/h5-6H2,1-4H3,(H,17,18)(H,19,20). The third-order valence-electron chi connectivity index (χ3n) is 3.32. The lowest BCUT2D eigenvalue weighted by atomic mass is 10.1. The fourth-order valence-corrected chi connectivity index (χ4v) is 4.39. The van der Waals surface area contributed by atoms with Crippen LogP contribution >= 0.6 is 22.7 Å². The summed E-state index contributed by atoms with van der Waals surface area (Å²) in [5.74, 6) is -1.36. The summed E-state index contributed by atoms with van der Waals surface area (Å²) in [5, 5.41) is 13.2. The van der Waals surface area contributed by atoms with E-state index in [1.807, 2.05) is 13.8 Å². The second-order valence-electron chi connectivity index (χ2n) is 4.91. The quantitative estimate of drug-likeness (QED) is 0.829. The summed E-state index contributed by atoms with van der Waals surface area (Å²) in [6.07, 6.45) is 0.609. The van der Waals surface area contributed by atoms with Crippen LogP contribution in [0.2, 0.25) is 0 Å². The molecule has 2 aromatic rings. The number of carboxylic acids is 1. The molecule has 0 saturated heterocycles. The molecule has 0 aromatic carbocycles. The maximum absolute atomic E-state index is 12.5. The largest absolute Gasteiger partial charge is 0.478 e. The number of thiophene rings is 1. The smallest absolute Gasteiger partial charge is 0.339 e. The van der Waals surface area contributed by atoms with Gasteiger partial charge in [-0.15, -0.1) is 22.7 Å². The van der Waals surface area contributed by atoms with Crippen LogP contribution in [0.4, 0.5) is 5.00 Å². The molecule has 0 bridgehead atoms. The van der Waals surface area contributed by atoms with Gasteiger partial charge in [0.2, 0.25) is 0 Å². The molecule has 0 unspecified atom stereocenters. The van der Waals surface area contributed by atoms with Crippen molar-refractivity contribution in [3.8, 4) is 0 Å². The number of aromatic nitrogens is 1. The van der Waals surface area contributed by atoms with Crippen LogP contribution < -0.4 is 5.32 Å². The first-order valence-corrected chi connectivity index (χ1v) is 8.64. The number of methoxy groups -OCH3 is 1. The van der Waals surface area contributed by atoms with Gasteiger partial charge in [0.05, 0.1) is 17.9 Å². The zero-order valence-corrected chi connectivity index (χ0v) is 15.0. The van der Waals surface area contributed by atoms with Crippen molar-refractivity contribution in [2.45, 2.75) is 33.8 Å². The molecule has 0 aliphatic carbocycles. The molecular weight excluding hydrogens is 336 g/mol. The van der Waals surface area contributed by atoms with Crippen LogP contribution in [-0.4, -0.2) is 29.1 Å². The van der Waals surface area contributed by atoms with Gasteiger partial charge in [0.1, 0.15) is 14.9 Å². The van der Waals surface area contributed by atoms with Gasteiger partial charge in [-0.05, 0) is 25.8 Å². The van der Waals surface area contributed by atoms with E-state index >= 15 is 0 Å². The van der Waals surface area contributed by atoms with Crippen molar-refractivity contribution in [2.75, 3.05) is 12.4 Å². The van der Waals surface area contributed by atoms with Crippen LogP contribution in [0.3, 0.4) is 0 Å². The summed E-state index contributed by atoms with van der Waals surface area (Å²) < 4.78 is 5.02. The lowest BCUT2D eigenvalue weighted by Crippen LogP contribution is -2.13. The van der Waals surface area contributed by atoms with E-state index < -0.39 is 5.97 Å². The molecule has 0 aliphatic rings. The van der Waals surface area contributed by atoms with Gasteiger partial charge >= 0.3 is 5.97 Å². The number of nitrogens with zero attached hydrogens (tertiary/aromatic N) is 1. The van der Waals surface area contributed by atoms with E-state index in [9.17, 15) is 14.7 Å². The minimum atomic E-state index is -1.03. The van der Waals surface area contributed by atoms with E-state index in [0.717, 1.165) is 10.4 Å². The minimum absolute atomic E-state index is 0.183. The van der Waals surface area contributed by atoms with Crippen LogP contribution in [0, 0.1) is 13.8 Å². The molecule has 1 amide bonds. The van der Waals surface area contributed by atoms with Crippen molar-refractivity contribution in [3.63, 3.8) is 0 Å². The normalized spacial score (nSPS) is 10.8. The Hall–Kier alpha value is -1.77. The first-order chi connectivity index (χ1) is 10.9. The topological polar surface area (TPSA) is 88.5 Å². The zero-order chi connectivity index (χ0) is 17.1. The molecule has 6 nitrogen and oxygen atoms in total. The van der Waals surface area contributed by atoms with E-state index in [0.29, 0.717) is 33.6 Å². The number of carboxylic acid groups (broad SMARTS) is 1. The maximum atomic E-state index is 12.5. The number of hydrogen-bond donors (Lipinski definition) is 2. The molecule has 0 aliphatic heterocycles. The van der Waals surface area contributed by atoms with Crippen LogP contribution in [-0.2, 0) is 17.8 Å². The molecule has 2 heterocycles. The number of nitrogens with one attached hydrogen (secondary N) is 1. The average Bonchev–Trinajstić information content (AvgIpc) is 2.99. The Balaban J connectivity index is 2.32. The Kier molecular flexibility index (Phi) is 5.51. The van der Waals surface area contributed by atoms with Gasteiger partial charge in [0.15, 0.2) is 0 Å². The zero-order valence-electron chi connectivity index (χ0n) is 13.3. The van der Waals surface area contributed by atoms with Crippen molar-refractivity contribution < 1.29 is 19.4 Å². The highest BCUT2D eigenvalue weighted by Gasteiger charge is 2.23. The first kappa shape index (κ1) is 17.6. The number of carbonyl (C=O) groups excluding carboxylic acids is 1. The van der Waals surface area contributed by atoms with Gasteiger partial charge < -0.3 is 15.2 Å². The molecule has 0 radical (unpaired) electrons. The highest BCUT2D eigenvalue weighted by molar-refractivity contribution is 7.17. The third-order valence-corrected chi connectivity index (χ3v) is 5.51. The molecule has 0 atom stereocenters. The predicted molar refractivity (Wildman–Crippen MR) is 90.9 cm³/mol. The van der Waals surface area contributed by atoms with Gasteiger partial charge in [0, 0.05) is 12.0 Å². The molecule has 0 spiro atoms. The maximum Gasteiger partial charge on any atom is 0.339 e. The van der Waals surface area contributed by atoms with Crippen LogP contribution in [0.25, 0.3) is 0 Å². The van der Waals surface area contributed by atoms with E-state index in [1.54, 1.807) is 14.0 Å². The Labute approximate surface area is 142 Å². The summed E-state index contributed by atoms with van der Waals surface area (Å²) in [6, 6.07) is 0. The number of anilines is 1. The summed E-state index contributed by atoms with van der Waals surface area (Å²) in [6.45, 7) is 5.86. The van der Waals surface area contributed by atoms with Crippen molar-refractivity contribution in [1.29, 1.82) is 0 Å². The molecular formula is C15H18N2O4S2.